The van der Waals surface area contributed by atoms with Gasteiger partial charge in [0.05, 0.1) is 0 Å². The summed E-state index contributed by atoms with van der Waals surface area (Å²) >= 11 is 0. The van der Waals surface area contributed by atoms with Gasteiger partial charge in [0, 0.05) is 6.42 Å². The minimum atomic E-state index is -0.950. The van der Waals surface area contributed by atoms with Crippen molar-refractivity contribution in [2.75, 3.05) is 0 Å². The van der Waals surface area contributed by atoms with Gasteiger partial charge in [-0.3, -0.25) is 4.79 Å². The first kappa shape index (κ1) is 13.9. The van der Waals surface area contributed by atoms with Gasteiger partial charge < -0.3 is 10.4 Å². The molecule has 88 valence electrons. The summed E-state index contributed by atoms with van der Waals surface area (Å²) in [7, 11) is 0. The second-order valence-electron chi connectivity index (χ2n) is 3.96. The molecule has 0 saturated carbocycles. The van der Waals surface area contributed by atoms with Crippen LogP contribution in [0.1, 0.15) is 46.5 Å². The highest BCUT2D eigenvalue weighted by Crippen LogP contribution is 2.06. The van der Waals surface area contributed by atoms with Gasteiger partial charge in [-0.05, 0) is 12.3 Å². The van der Waals surface area contributed by atoms with Crippen LogP contribution in [-0.4, -0.2) is 23.0 Å². The third kappa shape index (κ3) is 6.10. The molecule has 0 fully saturated rings. The summed E-state index contributed by atoms with van der Waals surface area (Å²) in [6, 6.07) is -0.730. The average Bonchev–Trinajstić information content (AvgIpc) is 2.16. The number of carbonyl (C=O) groups excluding carboxylic acids is 1. The highest BCUT2D eigenvalue weighted by Gasteiger charge is 2.19. The number of hydrogen-bond acceptors (Lipinski definition) is 2. The molecule has 0 bridgehead atoms. The molecule has 2 atom stereocenters. The molecule has 0 aliphatic heterocycles. The molecule has 0 saturated heterocycles. The normalized spacial score (nSPS) is 14.3. The number of aliphatic carboxylic acids is 1. The van der Waals surface area contributed by atoms with Gasteiger partial charge in [-0.2, -0.15) is 0 Å². The summed E-state index contributed by atoms with van der Waals surface area (Å²) in [5.74, 6) is -0.805. The number of carbonyl (C=O) groups is 2. The van der Waals surface area contributed by atoms with E-state index >= 15 is 0 Å². The number of nitrogens with one attached hydrogen (secondary N) is 1. The van der Waals surface area contributed by atoms with E-state index in [0.717, 1.165) is 12.8 Å². The van der Waals surface area contributed by atoms with E-state index in [1.54, 1.807) is 0 Å². The predicted octanol–water partition coefficient (Wildman–Crippen LogP) is 1.79. The Kier molecular flexibility index (Phi) is 6.75. The molecule has 1 amide bonds. The van der Waals surface area contributed by atoms with Crippen LogP contribution in [0.15, 0.2) is 0 Å². The Morgan fingerprint density at radius 3 is 2.33 bits per heavy atom. The summed E-state index contributed by atoms with van der Waals surface area (Å²) in [5, 5.41) is 11.4. The highest BCUT2D eigenvalue weighted by molar-refractivity contribution is 5.83. The Balaban J connectivity index is 4.05. The molecule has 0 aromatic heterocycles. The minimum absolute atomic E-state index is 0.162. The van der Waals surface area contributed by atoms with Crippen molar-refractivity contribution in [2.45, 2.75) is 52.5 Å². The third-order valence-corrected chi connectivity index (χ3v) is 2.44. The first-order valence-corrected chi connectivity index (χ1v) is 5.53. The molecule has 0 spiro atoms. The van der Waals surface area contributed by atoms with Crippen molar-refractivity contribution in [3.63, 3.8) is 0 Å². The van der Waals surface area contributed by atoms with E-state index < -0.39 is 12.0 Å². The number of rotatable bonds is 7. The fourth-order valence-electron chi connectivity index (χ4n) is 1.26. The molecule has 0 radical (unpaired) electrons. The lowest BCUT2D eigenvalue weighted by molar-refractivity contribution is -0.142. The standard InChI is InChI=1S/C11H21NO3/c1-4-6-9(11(14)15)12-10(13)7-8(3)5-2/h8-9H,4-7H2,1-3H3,(H,12,13)(H,14,15)/t8?,9-/m1/s1. The summed E-state index contributed by atoms with van der Waals surface area (Å²) in [6.45, 7) is 5.89. The smallest absolute Gasteiger partial charge is 0.326 e. The van der Waals surface area contributed by atoms with Crippen LogP contribution in [0.5, 0.6) is 0 Å². The van der Waals surface area contributed by atoms with Gasteiger partial charge in [-0.1, -0.05) is 33.6 Å². The van der Waals surface area contributed by atoms with Crippen molar-refractivity contribution in [1.82, 2.24) is 5.32 Å². The number of amides is 1. The zero-order valence-corrected chi connectivity index (χ0v) is 9.75. The molecule has 0 aromatic rings. The molecule has 0 aliphatic carbocycles. The number of carboxylic acids is 1. The fourth-order valence-corrected chi connectivity index (χ4v) is 1.26. The average molecular weight is 215 g/mol. The van der Waals surface area contributed by atoms with Crippen LogP contribution in [-0.2, 0) is 9.59 Å². The van der Waals surface area contributed by atoms with Crippen molar-refractivity contribution in [3.05, 3.63) is 0 Å². The number of carboxylic acid groups (broad SMARTS) is 1. The zero-order valence-electron chi connectivity index (χ0n) is 9.75. The van der Waals surface area contributed by atoms with Gasteiger partial charge in [-0.25, -0.2) is 4.79 Å². The SMILES string of the molecule is CCC[C@@H](NC(=O)CC(C)CC)C(=O)O. The quantitative estimate of drug-likeness (QED) is 0.680. The first-order valence-electron chi connectivity index (χ1n) is 5.53. The fraction of sp³-hybridized carbons (Fsp3) is 0.818. The van der Waals surface area contributed by atoms with Crippen molar-refractivity contribution in [1.29, 1.82) is 0 Å². The zero-order chi connectivity index (χ0) is 11.8. The molecule has 0 aliphatic rings. The molecule has 0 aromatic carbocycles. The second-order valence-corrected chi connectivity index (χ2v) is 3.96. The minimum Gasteiger partial charge on any atom is -0.480 e. The van der Waals surface area contributed by atoms with Crippen molar-refractivity contribution < 1.29 is 14.7 Å². The lowest BCUT2D eigenvalue weighted by Crippen LogP contribution is -2.41. The second kappa shape index (κ2) is 7.26. The summed E-state index contributed by atoms with van der Waals surface area (Å²) in [5.41, 5.74) is 0. The monoisotopic (exact) mass is 215 g/mol. The molecule has 4 heteroatoms. The van der Waals surface area contributed by atoms with Gasteiger partial charge in [-0.15, -0.1) is 0 Å². The van der Waals surface area contributed by atoms with E-state index in [-0.39, 0.29) is 5.91 Å². The van der Waals surface area contributed by atoms with E-state index in [1.807, 2.05) is 20.8 Å². The van der Waals surface area contributed by atoms with E-state index in [1.165, 1.54) is 0 Å². The molecule has 4 nitrogen and oxygen atoms in total. The van der Waals surface area contributed by atoms with E-state index in [4.69, 9.17) is 5.11 Å². The van der Waals surface area contributed by atoms with Gasteiger partial charge >= 0.3 is 5.97 Å². The molecule has 0 rings (SSSR count). The van der Waals surface area contributed by atoms with Crippen molar-refractivity contribution in [3.8, 4) is 0 Å². The first-order chi connectivity index (χ1) is 7.01. The molecule has 1 unspecified atom stereocenters. The van der Waals surface area contributed by atoms with Crippen LogP contribution in [0.25, 0.3) is 0 Å². The Morgan fingerprint density at radius 1 is 1.33 bits per heavy atom. The highest BCUT2D eigenvalue weighted by atomic mass is 16.4. The van der Waals surface area contributed by atoms with Gasteiger partial charge in [0.2, 0.25) is 5.91 Å². The molecular formula is C11H21NO3. The summed E-state index contributed by atoms with van der Waals surface area (Å²) < 4.78 is 0. The topological polar surface area (TPSA) is 66.4 Å². The van der Waals surface area contributed by atoms with E-state index in [0.29, 0.717) is 18.8 Å². The molecule has 15 heavy (non-hydrogen) atoms. The largest absolute Gasteiger partial charge is 0.480 e. The molecular weight excluding hydrogens is 194 g/mol. The Labute approximate surface area is 91.1 Å². The Bertz CT molecular complexity index is 216. The molecule has 2 N–H and O–H groups in total. The maximum atomic E-state index is 11.4. The van der Waals surface area contributed by atoms with Crippen molar-refractivity contribution in [2.24, 2.45) is 5.92 Å². The van der Waals surface area contributed by atoms with Crippen LogP contribution in [0.2, 0.25) is 0 Å². The van der Waals surface area contributed by atoms with Crippen LogP contribution < -0.4 is 5.32 Å². The number of hydrogen-bond donors (Lipinski definition) is 2. The van der Waals surface area contributed by atoms with Crippen LogP contribution in [0, 0.1) is 5.92 Å². The van der Waals surface area contributed by atoms with Crippen molar-refractivity contribution >= 4 is 11.9 Å². The molecule has 0 heterocycles. The van der Waals surface area contributed by atoms with E-state index in [9.17, 15) is 9.59 Å². The van der Waals surface area contributed by atoms with E-state index in [2.05, 4.69) is 5.32 Å². The lowest BCUT2D eigenvalue weighted by atomic mass is 10.0. The maximum Gasteiger partial charge on any atom is 0.326 e. The maximum absolute atomic E-state index is 11.4. The van der Waals surface area contributed by atoms with Crippen LogP contribution in [0.3, 0.4) is 0 Å². The van der Waals surface area contributed by atoms with Crippen LogP contribution >= 0.6 is 0 Å². The van der Waals surface area contributed by atoms with Gasteiger partial charge in [0.15, 0.2) is 0 Å². The summed E-state index contributed by atoms with van der Waals surface area (Å²) in [6.07, 6.45) is 2.57. The Hall–Kier alpha value is -1.06. The third-order valence-electron chi connectivity index (χ3n) is 2.44. The van der Waals surface area contributed by atoms with Gasteiger partial charge in [0.25, 0.3) is 0 Å². The lowest BCUT2D eigenvalue weighted by Gasteiger charge is -2.15. The van der Waals surface area contributed by atoms with Crippen LogP contribution in [0.4, 0.5) is 0 Å². The predicted molar refractivity (Wildman–Crippen MR) is 58.5 cm³/mol. The van der Waals surface area contributed by atoms with Gasteiger partial charge in [0.1, 0.15) is 6.04 Å². The Morgan fingerprint density at radius 2 is 1.93 bits per heavy atom. The summed E-state index contributed by atoms with van der Waals surface area (Å²) in [4.78, 5) is 22.2.